The summed E-state index contributed by atoms with van der Waals surface area (Å²) < 4.78 is 13.9. The molecule has 0 radical (unpaired) electrons. The predicted octanol–water partition coefficient (Wildman–Crippen LogP) is 1.92. The van der Waals surface area contributed by atoms with Gasteiger partial charge in [0.05, 0.1) is 0 Å². The van der Waals surface area contributed by atoms with E-state index >= 15 is 0 Å². The van der Waals surface area contributed by atoms with Crippen molar-refractivity contribution >= 4 is 5.82 Å². The van der Waals surface area contributed by atoms with Gasteiger partial charge in [-0.25, -0.2) is 9.37 Å². The lowest BCUT2D eigenvalue weighted by atomic mass is 9.85. The van der Waals surface area contributed by atoms with Crippen molar-refractivity contribution in [2.75, 3.05) is 18.5 Å². The molecule has 2 rings (SSSR count). The number of hydrogen-bond donors (Lipinski definition) is 1. The number of nitrogens with two attached hydrogens (primary N) is 1. The topological polar surface area (TPSA) is 42.2 Å². The monoisotopic (exact) mass is 223 g/mol. The lowest BCUT2D eigenvalue weighted by molar-refractivity contribution is 0.320. The first-order chi connectivity index (χ1) is 7.72. The maximum Gasteiger partial charge on any atom is 0.170 e. The highest BCUT2D eigenvalue weighted by Crippen LogP contribution is 2.28. The van der Waals surface area contributed by atoms with Crippen LogP contribution in [0.25, 0.3) is 0 Å². The average Bonchev–Trinajstić information content (AvgIpc) is 2.23. The highest BCUT2D eigenvalue weighted by molar-refractivity contribution is 5.42. The van der Waals surface area contributed by atoms with Crippen LogP contribution in [-0.2, 0) is 6.54 Å². The maximum atomic E-state index is 13.9. The van der Waals surface area contributed by atoms with E-state index < -0.39 is 0 Å². The zero-order chi connectivity index (χ0) is 11.5. The van der Waals surface area contributed by atoms with Crippen molar-refractivity contribution < 1.29 is 4.39 Å². The van der Waals surface area contributed by atoms with Crippen molar-refractivity contribution in [2.45, 2.75) is 25.8 Å². The molecule has 0 saturated heterocycles. The molecule has 1 aliphatic rings. The second-order valence-electron chi connectivity index (χ2n) is 4.49. The molecule has 0 atom stereocenters. The average molecular weight is 223 g/mol. The molecule has 0 spiro atoms. The summed E-state index contributed by atoms with van der Waals surface area (Å²) in [5.74, 6) is 0.856. The number of rotatable bonds is 4. The van der Waals surface area contributed by atoms with Gasteiger partial charge in [0.1, 0.15) is 0 Å². The van der Waals surface area contributed by atoms with E-state index in [2.05, 4.69) is 4.98 Å². The molecular formula is C12H18FN3. The minimum Gasteiger partial charge on any atom is -0.357 e. The summed E-state index contributed by atoms with van der Waals surface area (Å²) in [5, 5.41) is 0. The van der Waals surface area contributed by atoms with Gasteiger partial charge in [0, 0.05) is 31.9 Å². The van der Waals surface area contributed by atoms with Gasteiger partial charge in [0.25, 0.3) is 0 Å². The zero-order valence-corrected chi connectivity index (χ0v) is 9.62. The highest BCUT2D eigenvalue weighted by atomic mass is 19.1. The van der Waals surface area contributed by atoms with Crippen LogP contribution in [-0.4, -0.2) is 18.6 Å². The smallest absolute Gasteiger partial charge is 0.170 e. The molecular weight excluding hydrogens is 205 g/mol. The number of nitrogens with zero attached hydrogens (tertiary/aromatic N) is 2. The number of anilines is 1. The minimum atomic E-state index is -0.271. The largest absolute Gasteiger partial charge is 0.357 e. The van der Waals surface area contributed by atoms with Crippen LogP contribution in [0, 0.1) is 11.7 Å². The van der Waals surface area contributed by atoms with Crippen LogP contribution < -0.4 is 10.6 Å². The number of aromatic nitrogens is 1. The molecule has 0 aromatic carbocycles. The van der Waals surface area contributed by atoms with Crippen LogP contribution >= 0.6 is 0 Å². The van der Waals surface area contributed by atoms with Gasteiger partial charge in [-0.05, 0) is 24.8 Å². The van der Waals surface area contributed by atoms with E-state index in [4.69, 9.17) is 5.73 Å². The van der Waals surface area contributed by atoms with Crippen LogP contribution in [0.15, 0.2) is 12.3 Å². The quantitative estimate of drug-likeness (QED) is 0.848. The van der Waals surface area contributed by atoms with Crippen molar-refractivity contribution in [3.63, 3.8) is 0 Å². The van der Waals surface area contributed by atoms with Crippen LogP contribution in [0.2, 0.25) is 0 Å². The maximum absolute atomic E-state index is 13.9. The predicted molar refractivity (Wildman–Crippen MR) is 62.7 cm³/mol. The summed E-state index contributed by atoms with van der Waals surface area (Å²) in [6.07, 6.45) is 5.43. The molecule has 4 heteroatoms. The Morgan fingerprint density at radius 2 is 2.31 bits per heavy atom. The first-order valence-electron chi connectivity index (χ1n) is 5.77. The van der Waals surface area contributed by atoms with E-state index in [0.29, 0.717) is 17.3 Å². The van der Waals surface area contributed by atoms with E-state index in [0.717, 1.165) is 6.54 Å². The van der Waals surface area contributed by atoms with Crippen LogP contribution in [0.4, 0.5) is 10.2 Å². The van der Waals surface area contributed by atoms with Gasteiger partial charge in [-0.3, -0.25) is 0 Å². The van der Waals surface area contributed by atoms with Gasteiger partial charge in [0.2, 0.25) is 0 Å². The third-order valence-corrected chi connectivity index (χ3v) is 3.29. The number of halogens is 1. The Balaban J connectivity index is 2.11. The third-order valence-electron chi connectivity index (χ3n) is 3.29. The lowest BCUT2D eigenvalue weighted by Gasteiger charge is -2.30. The molecule has 0 unspecified atom stereocenters. The molecule has 0 amide bonds. The molecule has 1 aromatic rings. The van der Waals surface area contributed by atoms with Crippen LogP contribution in [0.1, 0.15) is 24.8 Å². The third kappa shape index (κ3) is 2.16. The standard InChI is InChI=1S/C12H18FN3/c1-16(8-9-3-2-4-9)12-11(13)10(7-14)5-6-15-12/h5-6,9H,2-4,7-8,14H2,1H3. The Bertz CT molecular complexity index is 363. The van der Waals surface area contributed by atoms with E-state index in [1.54, 1.807) is 12.3 Å². The molecule has 1 aromatic heterocycles. The normalized spacial score (nSPS) is 15.9. The number of pyridine rings is 1. The van der Waals surface area contributed by atoms with Gasteiger partial charge in [0.15, 0.2) is 11.6 Å². The van der Waals surface area contributed by atoms with E-state index in [1.807, 2.05) is 11.9 Å². The van der Waals surface area contributed by atoms with Crippen molar-refractivity contribution in [1.29, 1.82) is 0 Å². The molecule has 88 valence electrons. The van der Waals surface area contributed by atoms with Crippen molar-refractivity contribution in [3.05, 3.63) is 23.6 Å². The fourth-order valence-electron chi connectivity index (χ4n) is 2.04. The van der Waals surface area contributed by atoms with Crippen molar-refractivity contribution in [1.82, 2.24) is 4.98 Å². The summed E-state index contributed by atoms with van der Waals surface area (Å²) in [4.78, 5) is 5.99. The summed E-state index contributed by atoms with van der Waals surface area (Å²) in [6, 6.07) is 1.63. The lowest BCUT2D eigenvalue weighted by Crippen LogP contribution is -2.30. The fraction of sp³-hybridized carbons (Fsp3) is 0.583. The summed E-state index contributed by atoms with van der Waals surface area (Å²) >= 11 is 0. The van der Waals surface area contributed by atoms with Crippen LogP contribution in [0.5, 0.6) is 0 Å². The van der Waals surface area contributed by atoms with Gasteiger partial charge in [-0.1, -0.05) is 6.42 Å². The van der Waals surface area contributed by atoms with E-state index in [1.165, 1.54) is 19.3 Å². The van der Waals surface area contributed by atoms with E-state index in [9.17, 15) is 4.39 Å². The van der Waals surface area contributed by atoms with Crippen molar-refractivity contribution in [2.24, 2.45) is 11.7 Å². The Kier molecular flexibility index (Phi) is 3.39. The molecule has 0 bridgehead atoms. The first kappa shape index (κ1) is 11.3. The molecule has 1 aliphatic carbocycles. The summed E-state index contributed by atoms with van der Waals surface area (Å²) in [5.41, 5.74) is 6.00. The van der Waals surface area contributed by atoms with Gasteiger partial charge in [-0.2, -0.15) is 0 Å². The van der Waals surface area contributed by atoms with Gasteiger partial charge < -0.3 is 10.6 Å². The Morgan fingerprint density at radius 1 is 1.56 bits per heavy atom. The second kappa shape index (κ2) is 4.78. The number of hydrogen-bond acceptors (Lipinski definition) is 3. The molecule has 0 aliphatic heterocycles. The second-order valence-corrected chi connectivity index (χ2v) is 4.49. The SMILES string of the molecule is CN(CC1CCC1)c1nccc(CN)c1F. The van der Waals surface area contributed by atoms with Crippen LogP contribution in [0.3, 0.4) is 0 Å². The Labute approximate surface area is 95.5 Å². The molecule has 16 heavy (non-hydrogen) atoms. The summed E-state index contributed by atoms with van der Waals surface area (Å²) in [7, 11) is 1.89. The molecule has 2 N–H and O–H groups in total. The molecule has 1 saturated carbocycles. The summed E-state index contributed by atoms with van der Waals surface area (Å²) in [6.45, 7) is 1.11. The first-order valence-corrected chi connectivity index (χ1v) is 5.77. The molecule has 1 fully saturated rings. The van der Waals surface area contributed by atoms with Crippen molar-refractivity contribution in [3.8, 4) is 0 Å². The molecule has 3 nitrogen and oxygen atoms in total. The Hall–Kier alpha value is -1.16. The van der Waals surface area contributed by atoms with E-state index in [-0.39, 0.29) is 12.4 Å². The molecule has 1 heterocycles. The zero-order valence-electron chi connectivity index (χ0n) is 9.62. The van der Waals surface area contributed by atoms with Gasteiger partial charge >= 0.3 is 0 Å². The fourth-order valence-corrected chi connectivity index (χ4v) is 2.04. The van der Waals surface area contributed by atoms with Gasteiger partial charge in [-0.15, -0.1) is 0 Å². The minimum absolute atomic E-state index is 0.221. The highest BCUT2D eigenvalue weighted by Gasteiger charge is 2.21. The Morgan fingerprint density at radius 3 is 2.88 bits per heavy atom.